The Kier molecular flexibility index (Phi) is 6.76. The molecule has 10 aromatic rings. The van der Waals surface area contributed by atoms with Gasteiger partial charge in [0.15, 0.2) is 0 Å². The summed E-state index contributed by atoms with van der Waals surface area (Å²) in [6, 6.07) is 58.1. The Labute approximate surface area is 311 Å². The summed E-state index contributed by atoms with van der Waals surface area (Å²) in [6.45, 7) is 0. The number of aliphatic imine (C=N–C) groups is 1. The van der Waals surface area contributed by atoms with E-state index >= 15 is 0 Å². The molecule has 1 aliphatic heterocycles. The molecular weight excluding hydrogens is 661 g/mol. The van der Waals surface area contributed by atoms with Crippen molar-refractivity contribution in [2.45, 2.75) is 6.17 Å². The molecule has 54 heavy (non-hydrogen) atoms. The number of benzene rings is 8. The van der Waals surface area contributed by atoms with E-state index in [9.17, 15) is 0 Å². The second-order valence-electron chi connectivity index (χ2n) is 14.1. The fourth-order valence-corrected chi connectivity index (χ4v) is 8.38. The fraction of sp³-hybridized carbons (Fsp3) is 0.0408. The van der Waals surface area contributed by atoms with E-state index < -0.39 is 0 Å². The van der Waals surface area contributed by atoms with Crippen LogP contribution in [0.2, 0.25) is 0 Å². The van der Waals surface area contributed by atoms with Gasteiger partial charge in [-0.25, -0.2) is 4.58 Å². The van der Waals surface area contributed by atoms with Gasteiger partial charge in [0.1, 0.15) is 11.2 Å². The molecule has 0 fully saturated rings. The molecule has 1 atom stereocenters. The van der Waals surface area contributed by atoms with E-state index in [4.69, 9.17) is 14.4 Å². The van der Waals surface area contributed by atoms with Gasteiger partial charge in [0.25, 0.3) is 12.0 Å². The number of nitrogens with zero attached hydrogens (tertiary/aromatic N) is 3. The predicted octanol–water partition coefficient (Wildman–Crippen LogP) is 11.4. The van der Waals surface area contributed by atoms with Crippen molar-refractivity contribution in [3.8, 4) is 11.1 Å². The third-order valence-corrected chi connectivity index (χ3v) is 11.0. The SMILES string of the molecule is C[N+]1=C(c2ccc3cc4oc5ccccc5c4cc3c2)NC(c2ccccc2)N=C1c1ccccc1-c1cc2ccc3cccnc3c2c2ccccc12. The van der Waals surface area contributed by atoms with Crippen LogP contribution in [0.25, 0.3) is 76.3 Å². The summed E-state index contributed by atoms with van der Waals surface area (Å²) < 4.78 is 8.44. The molecule has 254 valence electrons. The summed E-state index contributed by atoms with van der Waals surface area (Å²) in [5.41, 5.74) is 8.37. The normalized spacial score (nSPS) is 14.8. The molecular formula is C49H33N4O+. The first kappa shape index (κ1) is 30.5. The molecule has 5 heteroatoms. The quantitative estimate of drug-likeness (QED) is 0.147. The average Bonchev–Trinajstić information content (AvgIpc) is 3.60. The zero-order chi connectivity index (χ0) is 35.8. The molecule has 1 aliphatic rings. The number of aromatic nitrogens is 1. The first-order valence-electron chi connectivity index (χ1n) is 18.3. The Hall–Kier alpha value is -7.11. The lowest BCUT2D eigenvalue weighted by Crippen LogP contribution is -2.43. The van der Waals surface area contributed by atoms with Gasteiger partial charge < -0.3 is 4.42 Å². The molecule has 0 amide bonds. The van der Waals surface area contributed by atoms with Crippen LogP contribution in [-0.4, -0.2) is 28.3 Å². The van der Waals surface area contributed by atoms with Crippen LogP contribution < -0.4 is 5.32 Å². The monoisotopic (exact) mass is 693 g/mol. The van der Waals surface area contributed by atoms with Crippen LogP contribution in [0.15, 0.2) is 179 Å². The zero-order valence-corrected chi connectivity index (χ0v) is 29.5. The summed E-state index contributed by atoms with van der Waals surface area (Å²) in [7, 11) is 2.12. The Bertz CT molecular complexity index is 3210. The first-order valence-corrected chi connectivity index (χ1v) is 18.3. The second kappa shape index (κ2) is 12.0. The van der Waals surface area contributed by atoms with E-state index in [1.54, 1.807) is 0 Å². The van der Waals surface area contributed by atoms with E-state index in [1.165, 1.54) is 21.7 Å². The van der Waals surface area contributed by atoms with E-state index in [0.29, 0.717) is 0 Å². The third-order valence-electron chi connectivity index (χ3n) is 11.0. The zero-order valence-electron chi connectivity index (χ0n) is 29.5. The van der Waals surface area contributed by atoms with Crippen LogP contribution in [0.4, 0.5) is 0 Å². The molecule has 1 unspecified atom stereocenters. The minimum atomic E-state index is -0.290. The molecule has 0 saturated heterocycles. The van der Waals surface area contributed by atoms with Crippen LogP contribution in [0.1, 0.15) is 22.9 Å². The predicted molar refractivity (Wildman–Crippen MR) is 223 cm³/mol. The van der Waals surface area contributed by atoms with E-state index in [-0.39, 0.29) is 6.17 Å². The first-order chi connectivity index (χ1) is 26.7. The minimum Gasteiger partial charge on any atom is -0.456 e. The van der Waals surface area contributed by atoms with Crippen molar-refractivity contribution < 1.29 is 8.99 Å². The van der Waals surface area contributed by atoms with Crippen LogP contribution in [0.5, 0.6) is 0 Å². The van der Waals surface area contributed by atoms with E-state index in [2.05, 4.69) is 163 Å². The van der Waals surface area contributed by atoms with E-state index in [1.807, 2.05) is 24.4 Å². The maximum absolute atomic E-state index is 6.22. The maximum Gasteiger partial charge on any atom is 0.269 e. The Morgan fingerprint density at radius 1 is 0.537 bits per heavy atom. The molecule has 3 heterocycles. The van der Waals surface area contributed by atoms with Crippen LogP contribution in [-0.2, 0) is 0 Å². The van der Waals surface area contributed by atoms with Crippen LogP contribution >= 0.6 is 0 Å². The van der Waals surface area contributed by atoms with Crippen LogP contribution in [0, 0.1) is 0 Å². The van der Waals surface area contributed by atoms with Crippen molar-refractivity contribution in [3.63, 3.8) is 0 Å². The highest BCUT2D eigenvalue weighted by atomic mass is 16.3. The van der Waals surface area contributed by atoms with Gasteiger partial charge in [0.05, 0.1) is 18.1 Å². The molecule has 0 spiro atoms. The number of furan rings is 1. The summed E-state index contributed by atoms with van der Waals surface area (Å²) in [6.07, 6.45) is 1.60. The lowest BCUT2D eigenvalue weighted by molar-refractivity contribution is -0.375. The topological polar surface area (TPSA) is 53.4 Å². The van der Waals surface area contributed by atoms with Crippen molar-refractivity contribution in [1.82, 2.24) is 10.3 Å². The number of fused-ring (bicyclic) bond motifs is 9. The number of hydrogen-bond donors (Lipinski definition) is 1. The summed E-state index contributed by atoms with van der Waals surface area (Å²) >= 11 is 0. The number of rotatable bonds is 4. The van der Waals surface area contributed by atoms with Gasteiger partial charge in [0, 0.05) is 38.9 Å². The van der Waals surface area contributed by atoms with Crippen molar-refractivity contribution >= 4 is 76.8 Å². The van der Waals surface area contributed by atoms with Gasteiger partial charge in [-0.3, -0.25) is 10.3 Å². The number of hydrogen-bond acceptors (Lipinski definition) is 4. The number of pyridine rings is 1. The Morgan fingerprint density at radius 3 is 2.17 bits per heavy atom. The van der Waals surface area contributed by atoms with Crippen molar-refractivity contribution in [2.75, 3.05) is 7.05 Å². The molecule has 0 saturated carbocycles. The number of para-hydroxylation sites is 1. The van der Waals surface area contributed by atoms with Crippen molar-refractivity contribution in [3.05, 3.63) is 187 Å². The fourth-order valence-electron chi connectivity index (χ4n) is 8.38. The van der Waals surface area contributed by atoms with Gasteiger partial charge >= 0.3 is 0 Å². The highest BCUT2D eigenvalue weighted by molar-refractivity contribution is 6.23. The number of nitrogens with one attached hydrogen (secondary N) is 1. The molecule has 0 radical (unpaired) electrons. The van der Waals surface area contributed by atoms with Gasteiger partial charge in [0.2, 0.25) is 5.84 Å². The smallest absolute Gasteiger partial charge is 0.269 e. The summed E-state index contributed by atoms with van der Waals surface area (Å²) in [5, 5.41) is 14.2. The molecule has 11 rings (SSSR count). The lowest BCUT2D eigenvalue weighted by Gasteiger charge is -2.23. The summed E-state index contributed by atoms with van der Waals surface area (Å²) in [5.74, 6) is 1.89. The molecule has 0 bridgehead atoms. The Morgan fingerprint density at radius 2 is 1.28 bits per heavy atom. The van der Waals surface area contributed by atoms with Gasteiger partial charge in [-0.1, -0.05) is 120 Å². The maximum atomic E-state index is 6.22. The molecule has 5 nitrogen and oxygen atoms in total. The highest BCUT2D eigenvalue weighted by Gasteiger charge is 2.32. The molecule has 0 aliphatic carbocycles. The highest BCUT2D eigenvalue weighted by Crippen LogP contribution is 2.40. The molecule has 1 N–H and O–H groups in total. The van der Waals surface area contributed by atoms with E-state index in [0.717, 1.165) is 82.9 Å². The summed E-state index contributed by atoms with van der Waals surface area (Å²) in [4.78, 5) is 10.3. The van der Waals surface area contributed by atoms with Gasteiger partial charge in [-0.2, -0.15) is 0 Å². The number of amidine groups is 2. The second-order valence-corrected chi connectivity index (χ2v) is 14.1. The Balaban J connectivity index is 1.12. The molecule has 8 aromatic carbocycles. The minimum absolute atomic E-state index is 0.290. The third kappa shape index (κ3) is 4.75. The largest absolute Gasteiger partial charge is 0.456 e. The van der Waals surface area contributed by atoms with Gasteiger partial charge in [-0.05, 0) is 86.6 Å². The lowest BCUT2D eigenvalue weighted by atomic mass is 9.89. The van der Waals surface area contributed by atoms with Gasteiger partial charge in [-0.15, -0.1) is 0 Å². The van der Waals surface area contributed by atoms with Crippen molar-refractivity contribution in [1.29, 1.82) is 0 Å². The van der Waals surface area contributed by atoms with Crippen LogP contribution in [0.3, 0.4) is 0 Å². The van der Waals surface area contributed by atoms with Crippen molar-refractivity contribution in [2.24, 2.45) is 4.99 Å². The average molecular weight is 694 g/mol. The molecule has 2 aromatic heterocycles. The standard InChI is InChI=1S/C49H32N4O/c1-53-48(34-24-22-32-29-44-42(28-35(32)26-34)38-17-9-10-20-43(38)54-44)51-47(31-12-3-2-4-13-31)52-49(53)40-19-8-6-16-37(40)41-27-33-23-21-30-14-11-25-50-46(30)45(33)39-18-7-5-15-36(39)41/h2-29,47H,1H3/p+1.